The molecule has 5 heteroatoms. The van der Waals surface area contributed by atoms with Crippen LogP contribution in [0.4, 0.5) is 0 Å². The van der Waals surface area contributed by atoms with Crippen LogP contribution in [0.5, 0.6) is 5.75 Å². The number of nitrogens with zero attached hydrogens (tertiary/aromatic N) is 1. The van der Waals surface area contributed by atoms with E-state index in [4.69, 9.17) is 4.74 Å². The second kappa shape index (κ2) is 6.71. The van der Waals surface area contributed by atoms with Crippen LogP contribution in [0.3, 0.4) is 0 Å². The Morgan fingerprint density at radius 3 is 2.95 bits per heavy atom. The van der Waals surface area contributed by atoms with Crippen LogP contribution in [-0.4, -0.2) is 42.5 Å². The average Bonchev–Trinajstić information content (AvgIpc) is 2.89. The molecule has 1 aromatic rings. The van der Waals surface area contributed by atoms with Gasteiger partial charge < -0.3 is 9.64 Å². The van der Waals surface area contributed by atoms with Gasteiger partial charge in [-0.3, -0.25) is 10.1 Å². The van der Waals surface area contributed by atoms with E-state index >= 15 is 0 Å². The lowest BCUT2D eigenvalue weighted by Gasteiger charge is -2.30. The summed E-state index contributed by atoms with van der Waals surface area (Å²) in [5, 5.41) is 3.33. The predicted octanol–water partition coefficient (Wildman–Crippen LogP) is 2.27. The summed E-state index contributed by atoms with van der Waals surface area (Å²) >= 11 is 2.02. The lowest BCUT2D eigenvalue weighted by atomic mass is 10.0. The maximum absolute atomic E-state index is 12.2. The SMILES string of the molecule is COc1cccc(C2NCC(=O)N2CC2CCSCC2)c1. The van der Waals surface area contributed by atoms with Gasteiger partial charge >= 0.3 is 0 Å². The molecule has 3 rings (SSSR count). The number of hydrogen-bond acceptors (Lipinski definition) is 4. The van der Waals surface area contributed by atoms with Gasteiger partial charge in [0.2, 0.25) is 5.91 Å². The Hall–Kier alpha value is -1.20. The summed E-state index contributed by atoms with van der Waals surface area (Å²) in [5.41, 5.74) is 1.10. The smallest absolute Gasteiger partial charge is 0.238 e. The lowest BCUT2D eigenvalue weighted by molar-refractivity contribution is -0.128. The molecule has 0 saturated carbocycles. The molecular formula is C16H22N2O2S. The number of hydrogen-bond donors (Lipinski definition) is 1. The van der Waals surface area contributed by atoms with Gasteiger partial charge in [0.25, 0.3) is 0 Å². The Balaban J connectivity index is 1.74. The van der Waals surface area contributed by atoms with Crippen molar-refractivity contribution in [3.63, 3.8) is 0 Å². The highest BCUT2D eigenvalue weighted by Gasteiger charge is 2.33. The van der Waals surface area contributed by atoms with Crippen molar-refractivity contribution in [2.75, 3.05) is 31.7 Å². The summed E-state index contributed by atoms with van der Waals surface area (Å²) in [4.78, 5) is 14.2. The Kier molecular flexibility index (Phi) is 4.70. The molecule has 2 fully saturated rings. The zero-order valence-corrected chi connectivity index (χ0v) is 13.2. The van der Waals surface area contributed by atoms with Crippen molar-refractivity contribution in [3.05, 3.63) is 29.8 Å². The third-order valence-corrected chi connectivity index (χ3v) is 5.33. The third-order valence-electron chi connectivity index (χ3n) is 4.28. The lowest BCUT2D eigenvalue weighted by Crippen LogP contribution is -2.35. The van der Waals surface area contributed by atoms with Gasteiger partial charge in [-0.05, 0) is 48.0 Å². The number of carbonyl (C=O) groups is 1. The van der Waals surface area contributed by atoms with Gasteiger partial charge in [0, 0.05) is 6.54 Å². The number of ether oxygens (including phenoxy) is 1. The highest BCUT2D eigenvalue weighted by Crippen LogP contribution is 2.29. The minimum absolute atomic E-state index is 0.0119. The zero-order chi connectivity index (χ0) is 14.7. The van der Waals surface area contributed by atoms with E-state index in [9.17, 15) is 4.79 Å². The molecule has 1 amide bonds. The van der Waals surface area contributed by atoms with Crippen LogP contribution in [0.25, 0.3) is 0 Å². The first-order chi connectivity index (χ1) is 10.3. The molecule has 1 atom stereocenters. The van der Waals surface area contributed by atoms with E-state index in [-0.39, 0.29) is 12.1 Å². The molecule has 2 aliphatic heterocycles. The van der Waals surface area contributed by atoms with Gasteiger partial charge in [-0.2, -0.15) is 11.8 Å². The van der Waals surface area contributed by atoms with E-state index in [0.717, 1.165) is 17.9 Å². The van der Waals surface area contributed by atoms with Crippen molar-refractivity contribution in [1.82, 2.24) is 10.2 Å². The molecule has 1 N–H and O–H groups in total. The quantitative estimate of drug-likeness (QED) is 0.926. The van der Waals surface area contributed by atoms with Gasteiger partial charge in [0.05, 0.1) is 13.7 Å². The van der Waals surface area contributed by atoms with E-state index in [1.54, 1.807) is 7.11 Å². The highest BCUT2D eigenvalue weighted by atomic mass is 32.2. The second-order valence-electron chi connectivity index (χ2n) is 5.66. The highest BCUT2D eigenvalue weighted by molar-refractivity contribution is 7.99. The Labute approximate surface area is 130 Å². The van der Waals surface area contributed by atoms with Crippen LogP contribution in [0.2, 0.25) is 0 Å². The average molecular weight is 306 g/mol. The normalized spacial score (nSPS) is 23.6. The summed E-state index contributed by atoms with van der Waals surface area (Å²) in [6, 6.07) is 7.99. The largest absolute Gasteiger partial charge is 0.497 e. The zero-order valence-electron chi connectivity index (χ0n) is 12.4. The van der Waals surface area contributed by atoms with Crippen molar-refractivity contribution < 1.29 is 9.53 Å². The molecule has 0 aliphatic carbocycles. The van der Waals surface area contributed by atoms with E-state index in [1.165, 1.54) is 24.3 Å². The fourth-order valence-corrected chi connectivity index (χ4v) is 4.27. The number of methoxy groups -OCH3 is 1. The van der Waals surface area contributed by atoms with Crippen molar-refractivity contribution in [2.24, 2.45) is 5.92 Å². The van der Waals surface area contributed by atoms with Gasteiger partial charge in [0.1, 0.15) is 11.9 Å². The van der Waals surface area contributed by atoms with Crippen LogP contribution in [0.1, 0.15) is 24.6 Å². The monoisotopic (exact) mass is 306 g/mol. The standard InChI is InChI=1S/C16H22N2O2S/c1-20-14-4-2-3-13(9-14)16-17-10-15(19)18(16)11-12-5-7-21-8-6-12/h2-4,9,12,16-17H,5-8,10-11H2,1H3. The molecule has 0 spiro atoms. The molecule has 2 heterocycles. The van der Waals surface area contributed by atoms with Gasteiger partial charge in [-0.1, -0.05) is 12.1 Å². The number of thioether (sulfide) groups is 1. The maximum atomic E-state index is 12.2. The molecule has 114 valence electrons. The fourth-order valence-electron chi connectivity index (χ4n) is 3.06. The summed E-state index contributed by atoms with van der Waals surface area (Å²) in [6.07, 6.45) is 2.43. The summed E-state index contributed by atoms with van der Waals surface area (Å²) < 4.78 is 5.29. The van der Waals surface area contributed by atoms with Crippen LogP contribution < -0.4 is 10.1 Å². The molecule has 4 nitrogen and oxygen atoms in total. The summed E-state index contributed by atoms with van der Waals surface area (Å²) in [6.45, 7) is 1.30. The number of nitrogens with one attached hydrogen (secondary N) is 1. The summed E-state index contributed by atoms with van der Waals surface area (Å²) in [7, 11) is 1.67. The first-order valence-electron chi connectivity index (χ1n) is 7.52. The molecule has 1 aromatic carbocycles. The fraction of sp³-hybridized carbons (Fsp3) is 0.562. The Morgan fingerprint density at radius 2 is 2.19 bits per heavy atom. The molecule has 0 aromatic heterocycles. The van der Waals surface area contributed by atoms with Gasteiger partial charge in [-0.25, -0.2) is 0 Å². The number of benzene rings is 1. The summed E-state index contributed by atoms with van der Waals surface area (Å²) in [5.74, 6) is 4.14. The molecule has 2 saturated heterocycles. The van der Waals surface area contributed by atoms with Crippen molar-refractivity contribution in [3.8, 4) is 5.75 Å². The molecule has 21 heavy (non-hydrogen) atoms. The van der Waals surface area contributed by atoms with Crippen molar-refractivity contribution in [2.45, 2.75) is 19.0 Å². The predicted molar refractivity (Wildman–Crippen MR) is 85.5 cm³/mol. The topological polar surface area (TPSA) is 41.6 Å². The van der Waals surface area contributed by atoms with E-state index in [2.05, 4.69) is 11.4 Å². The van der Waals surface area contributed by atoms with E-state index in [0.29, 0.717) is 12.5 Å². The van der Waals surface area contributed by atoms with Crippen LogP contribution in [0.15, 0.2) is 24.3 Å². The molecule has 2 aliphatic rings. The van der Waals surface area contributed by atoms with Gasteiger partial charge in [-0.15, -0.1) is 0 Å². The first kappa shape index (κ1) is 14.7. The maximum Gasteiger partial charge on any atom is 0.238 e. The molecule has 0 bridgehead atoms. The number of carbonyl (C=O) groups excluding carboxylic acids is 1. The molecule has 1 unspecified atom stereocenters. The minimum atomic E-state index is -0.0119. The van der Waals surface area contributed by atoms with Gasteiger partial charge in [0.15, 0.2) is 0 Å². The van der Waals surface area contributed by atoms with Crippen molar-refractivity contribution in [1.29, 1.82) is 0 Å². The van der Waals surface area contributed by atoms with Crippen LogP contribution in [-0.2, 0) is 4.79 Å². The van der Waals surface area contributed by atoms with Crippen molar-refractivity contribution >= 4 is 17.7 Å². The molecular weight excluding hydrogens is 284 g/mol. The van der Waals surface area contributed by atoms with E-state index in [1.807, 2.05) is 34.9 Å². The third kappa shape index (κ3) is 3.35. The number of rotatable bonds is 4. The van der Waals surface area contributed by atoms with E-state index < -0.39 is 0 Å². The molecule has 0 radical (unpaired) electrons. The number of amides is 1. The Bertz CT molecular complexity index is 503. The first-order valence-corrected chi connectivity index (χ1v) is 8.68. The van der Waals surface area contributed by atoms with Crippen LogP contribution in [0, 0.1) is 5.92 Å². The minimum Gasteiger partial charge on any atom is -0.497 e. The second-order valence-corrected chi connectivity index (χ2v) is 6.89. The van der Waals surface area contributed by atoms with Crippen LogP contribution >= 0.6 is 11.8 Å². The Morgan fingerprint density at radius 1 is 1.38 bits per heavy atom.